The van der Waals surface area contributed by atoms with Gasteiger partial charge in [-0.1, -0.05) is 12.1 Å². The number of nitriles is 1. The van der Waals surface area contributed by atoms with Crippen molar-refractivity contribution in [1.29, 1.82) is 5.26 Å². The van der Waals surface area contributed by atoms with Crippen molar-refractivity contribution in [2.24, 2.45) is 7.05 Å². The highest BCUT2D eigenvalue weighted by atomic mass is 79.9. The maximum absolute atomic E-state index is 12.8. The van der Waals surface area contributed by atoms with E-state index < -0.39 is 0 Å². The van der Waals surface area contributed by atoms with Crippen molar-refractivity contribution < 1.29 is 5.11 Å². The van der Waals surface area contributed by atoms with Gasteiger partial charge in [-0.3, -0.25) is 9.69 Å². The number of halogens is 1. The number of hydrogen-bond donors (Lipinski definition) is 1. The summed E-state index contributed by atoms with van der Waals surface area (Å²) in [6.07, 6.45) is 0. The summed E-state index contributed by atoms with van der Waals surface area (Å²) >= 11 is 3.36. The van der Waals surface area contributed by atoms with Gasteiger partial charge < -0.3 is 14.6 Å². The largest absolute Gasteiger partial charge is 0.506 e. The number of aryl methyl sites for hydroxylation is 2. The monoisotopic (exact) mass is 467 g/mol. The Bertz CT molecular complexity index is 1220. The fourth-order valence-corrected chi connectivity index (χ4v) is 4.37. The molecule has 0 amide bonds. The number of hydrogen-bond acceptors (Lipinski definition) is 6. The molecule has 1 fully saturated rings. The number of nitrogens with zero attached hydrogens (tertiary/aromatic N) is 5. The maximum atomic E-state index is 12.8. The molecule has 1 aromatic carbocycles. The lowest BCUT2D eigenvalue weighted by atomic mass is 10.1. The van der Waals surface area contributed by atoms with Crippen LogP contribution in [0.1, 0.15) is 16.8 Å². The number of phenols is 1. The molecule has 1 N–H and O–H groups in total. The third-order valence-corrected chi connectivity index (χ3v) is 6.26. The molecule has 3 aromatic rings. The average Bonchev–Trinajstić information content (AvgIpc) is 2.74. The van der Waals surface area contributed by atoms with Crippen LogP contribution >= 0.6 is 15.9 Å². The molecule has 0 saturated carbocycles. The molecular formula is C22H22BrN5O2. The normalized spacial score (nSPS) is 14.8. The van der Waals surface area contributed by atoms with Crippen LogP contribution in [0.2, 0.25) is 0 Å². The van der Waals surface area contributed by atoms with Gasteiger partial charge >= 0.3 is 0 Å². The van der Waals surface area contributed by atoms with Gasteiger partial charge in [-0.25, -0.2) is 4.98 Å². The summed E-state index contributed by atoms with van der Waals surface area (Å²) in [5, 5.41) is 20.0. The van der Waals surface area contributed by atoms with Crippen molar-refractivity contribution in [3.05, 3.63) is 62.0 Å². The summed E-state index contributed by atoms with van der Waals surface area (Å²) in [7, 11) is 1.68. The third kappa shape index (κ3) is 3.55. The van der Waals surface area contributed by atoms with Crippen molar-refractivity contribution in [3.8, 4) is 11.8 Å². The minimum Gasteiger partial charge on any atom is -0.506 e. The first-order valence-electron chi connectivity index (χ1n) is 9.74. The molecule has 30 heavy (non-hydrogen) atoms. The van der Waals surface area contributed by atoms with E-state index in [0.717, 1.165) is 29.9 Å². The van der Waals surface area contributed by atoms with E-state index in [1.54, 1.807) is 7.05 Å². The van der Waals surface area contributed by atoms with Crippen molar-refractivity contribution in [1.82, 2.24) is 14.5 Å². The van der Waals surface area contributed by atoms with Crippen LogP contribution in [0.25, 0.3) is 11.0 Å². The molecule has 1 aliphatic rings. The predicted molar refractivity (Wildman–Crippen MR) is 120 cm³/mol. The van der Waals surface area contributed by atoms with E-state index in [1.807, 2.05) is 37.3 Å². The molecule has 1 saturated heterocycles. The van der Waals surface area contributed by atoms with Gasteiger partial charge in [0.2, 0.25) is 0 Å². The zero-order valence-corrected chi connectivity index (χ0v) is 18.5. The van der Waals surface area contributed by atoms with Crippen LogP contribution in [0.3, 0.4) is 0 Å². The molecule has 4 rings (SSSR count). The number of benzene rings is 1. The molecule has 1 aliphatic heterocycles. The van der Waals surface area contributed by atoms with Gasteiger partial charge in [0.05, 0.1) is 15.7 Å². The highest BCUT2D eigenvalue weighted by Crippen LogP contribution is 2.30. The first kappa shape index (κ1) is 20.4. The number of piperazine rings is 1. The average molecular weight is 468 g/mol. The van der Waals surface area contributed by atoms with E-state index in [0.29, 0.717) is 35.3 Å². The van der Waals surface area contributed by atoms with Crippen LogP contribution in [0.4, 0.5) is 5.69 Å². The highest BCUT2D eigenvalue weighted by molar-refractivity contribution is 9.10. The minimum atomic E-state index is -0.299. The molecule has 0 atom stereocenters. The standard InChI is InChI=1S/C22H22BrN5O2/c1-14-6-7-18-19(25-14)20(16(12-24)22(30)26(18)2)28-10-8-27(9-11-28)13-15-4-3-5-17(23)21(15)29/h3-7,29H,8-11,13H2,1-2H3. The van der Waals surface area contributed by atoms with E-state index >= 15 is 0 Å². The van der Waals surface area contributed by atoms with Crippen LogP contribution in [0.15, 0.2) is 39.6 Å². The Balaban J connectivity index is 1.64. The fourth-order valence-electron chi connectivity index (χ4n) is 3.96. The summed E-state index contributed by atoms with van der Waals surface area (Å²) < 4.78 is 2.18. The second-order valence-corrected chi connectivity index (χ2v) is 8.39. The van der Waals surface area contributed by atoms with Crippen LogP contribution < -0.4 is 10.5 Å². The zero-order valence-electron chi connectivity index (χ0n) is 16.9. The van der Waals surface area contributed by atoms with E-state index in [-0.39, 0.29) is 16.9 Å². The molecule has 0 unspecified atom stereocenters. The second-order valence-electron chi connectivity index (χ2n) is 7.53. The Morgan fingerprint density at radius 3 is 2.63 bits per heavy atom. The lowest BCUT2D eigenvalue weighted by Crippen LogP contribution is -2.47. The van der Waals surface area contributed by atoms with Crippen LogP contribution in [-0.2, 0) is 13.6 Å². The Morgan fingerprint density at radius 2 is 1.93 bits per heavy atom. The Kier molecular flexibility index (Phi) is 5.50. The van der Waals surface area contributed by atoms with E-state index in [9.17, 15) is 15.2 Å². The first-order valence-corrected chi connectivity index (χ1v) is 10.5. The molecule has 8 heteroatoms. The molecule has 0 radical (unpaired) electrons. The summed E-state index contributed by atoms with van der Waals surface area (Å²) in [5.74, 6) is 0.268. The molecule has 7 nitrogen and oxygen atoms in total. The molecule has 154 valence electrons. The summed E-state index contributed by atoms with van der Waals surface area (Å²) in [6.45, 7) is 5.38. The molecule has 0 aliphatic carbocycles. The Morgan fingerprint density at radius 1 is 1.20 bits per heavy atom. The molecule has 0 bridgehead atoms. The highest BCUT2D eigenvalue weighted by Gasteiger charge is 2.25. The quantitative estimate of drug-likeness (QED) is 0.637. The number of anilines is 1. The number of phenolic OH excluding ortho intramolecular Hbond substituents is 1. The summed E-state index contributed by atoms with van der Waals surface area (Å²) in [6, 6.07) is 11.5. The van der Waals surface area contributed by atoms with Gasteiger partial charge in [0, 0.05) is 51.0 Å². The summed E-state index contributed by atoms with van der Waals surface area (Å²) in [4.78, 5) is 21.8. The van der Waals surface area contributed by atoms with E-state index in [2.05, 4.69) is 36.8 Å². The minimum absolute atomic E-state index is 0.140. The zero-order chi connectivity index (χ0) is 21.4. The molecule has 3 heterocycles. The summed E-state index contributed by atoms with van der Waals surface area (Å²) in [5.41, 5.74) is 3.59. The Hall–Kier alpha value is -2.89. The third-order valence-electron chi connectivity index (χ3n) is 5.62. The Labute approximate surface area is 182 Å². The van der Waals surface area contributed by atoms with E-state index in [1.165, 1.54) is 4.57 Å². The fraction of sp³-hybridized carbons (Fsp3) is 0.318. The smallest absolute Gasteiger partial charge is 0.270 e. The molecule has 2 aromatic heterocycles. The maximum Gasteiger partial charge on any atom is 0.270 e. The lowest BCUT2D eigenvalue weighted by Gasteiger charge is -2.36. The number of pyridine rings is 2. The van der Waals surface area contributed by atoms with Crippen LogP contribution in [0.5, 0.6) is 5.75 Å². The number of fused-ring (bicyclic) bond motifs is 1. The second kappa shape index (κ2) is 8.09. The van der Waals surface area contributed by atoms with Gasteiger partial charge in [-0.05, 0) is 41.1 Å². The number of aromatic hydroxyl groups is 1. The van der Waals surface area contributed by atoms with Crippen molar-refractivity contribution in [3.63, 3.8) is 0 Å². The van der Waals surface area contributed by atoms with E-state index in [4.69, 9.17) is 0 Å². The van der Waals surface area contributed by atoms with Crippen molar-refractivity contribution in [2.75, 3.05) is 31.1 Å². The van der Waals surface area contributed by atoms with Crippen LogP contribution in [0, 0.1) is 18.3 Å². The van der Waals surface area contributed by atoms with Gasteiger partial charge in [-0.15, -0.1) is 0 Å². The van der Waals surface area contributed by atoms with Gasteiger partial charge in [-0.2, -0.15) is 5.26 Å². The van der Waals surface area contributed by atoms with Gasteiger partial charge in [0.1, 0.15) is 22.9 Å². The number of para-hydroxylation sites is 1. The number of aromatic nitrogens is 2. The predicted octanol–water partition coefficient (Wildman–Crippen LogP) is 2.90. The topological polar surface area (TPSA) is 85.4 Å². The molecule has 0 spiro atoms. The van der Waals surface area contributed by atoms with Gasteiger partial charge in [0.15, 0.2) is 0 Å². The lowest BCUT2D eigenvalue weighted by molar-refractivity contribution is 0.246. The SMILES string of the molecule is Cc1ccc2c(n1)c(N1CCN(Cc3cccc(Br)c3O)CC1)c(C#N)c(=O)n2C. The number of rotatable bonds is 3. The van der Waals surface area contributed by atoms with Crippen molar-refractivity contribution >= 4 is 32.7 Å². The van der Waals surface area contributed by atoms with Crippen molar-refractivity contribution in [2.45, 2.75) is 13.5 Å². The van der Waals surface area contributed by atoms with Gasteiger partial charge in [0.25, 0.3) is 5.56 Å². The van der Waals surface area contributed by atoms with Crippen LogP contribution in [-0.4, -0.2) is 45.7 Å². The first-order chi connectivity index (χ1) is 14.4. The molecular weight excluding hydrogens is 446 g/mol.